The molecule has 0 saturated heterocycles. The molecular formula is C20H15F4N3O3. The van der Waals surface area contributed by atoms with Gasteiger partial charge < -0.3 is 15.0 Å². The Morgan fingerprint density at radius 2 is 1.97 bits per heavy atom. The van der Waals surface area contributed by atoms with Crippen LogP contribution in [0.25, 0.3) is 0 Å². The summed E-state index contributed by atoms with van der Waals surface area (Å²) in [5.41, 5.74) is 0.928. The molecule has 3 aromatic rings. The number of alkyl halides is 3. The van der Waals surface area contributed by atoms with Gasteiger partial charge in [0.2, 0.25) is 5.56 Å². The lowest BCUT2D eigenvalue weighted by atomic mass is 9.99. The van der Waals surface area contributed by atoms with E-state index in [1.165, 1.54) is 30.6 Å². The molecular weight excluding hydrogens is 406 g/mol. The van der Waals surface area contributed by atoms with Gasteiger partial charge in [-0.15, -0.1) is 13.2 Å². The van der Waals surface area contributed by atoms with Crippen molar-refractivity contribution in [3.63, 3.8) is 0 Å². The van der Waals surface area contributed by atoms with Crippen molar-refractivity contribution in [1.82, 2.24) is 15.3 Å². The van der Waals surface area contributed by atoms with E-state index in [0.29, 0.717) is 11.3 Å². The second-order valence-corrected chi connectivity index (χ2v) is 6.29. The number of pyridine rings is 2. The zero-order valence-corrected chi connectivity index (χ0v) is 15.5. The van der Waals surface area contributed by atoms with E-state index >= 15 is 0 Å². The first kappa shape index (κ1) is 21.0. The van der Waals surface area contributed by atoms with E-state index in [1.54, 1.807) is 19.1 Å². The molecule has 2 aromatic heterocycles. The number of halogens is 4. The van der Waals surface area contributed by atoms with Gasteiger partial charge in [-0.3, -0.25) is 14.6 Å². The molecule has 30 heavy (non-hydrogen) atoms. The number of hydrogen-bond donors (Lipinski definition) is 2. The second-order valence-electron chi connectivity index (χ2n) is 6.29. The molecule has 0 aliphatic carbocycles. The molecule has 0 aliphatic heterocycles. The Morgan fingerprint density at radius 1 is 1.20 bits per heavy atom. The molecule has 2 N–H and O–H groups in total. The van der Waals surface area contributed by atoms with Gasteiger partial charge in [-0.25, -0.2) is 4.39 Å². The van der Waals surface area contributed by atoms with Crippen molar-refractivity contribution < 1.29 is 27.1 Å². The highest BCUT2D eigenvalue weighted by Crippen LogP contribution is 2.30. The van der Waals surface area contributed by atoms with Crippen molar-refractivity contribution in [3.8, 4) is 5.75 Å². The normalized spacial score (nSPS) is 12.3. The van der Waals surface area contributed by atoms with Crippen LogP contribution in [0.15, 0.2) is 59.7 Å². The Labute approximate surface area is 167 Å². The number of aryl methyl sites for hydroxylation is 1. The average molecular weight is 421 g/mol. The zero-order valence-electron chi connectivity index (χ0n) is 15.5. The predicted molar refractivity (Wildman–Crippen MR) is 98.4 cm³/mol. The molecule has 0 bridgehead atoms. The minimum Gasteiger partial charge on any atom is -0.403 e. The maximum absolute atomic E-state index is 14.3. The fourth-order valence-electron chi connectivity index (χ4n) is 2.78. The molecule has 0 aliphatic rings. The summed E-state index contributed by atoms with van der Waals surface area (Å²) in [5, 5.41) is 2.67. The van der Waals surface area contributed by atoms with Gasteiger partial charge in [0.05, 0.1) is 17.3 Å². The van der Waals surface area contributed by atoms with Crippen molar-refractivity contribution >= 4 is 5.91 Å². The Hall–Kier alpha value is -3.69. The van der Waals surface area contributed by atoms with E-state index in [0.717, 1.165) is 12.1 Å². The van der Waals surface area contributed by atoms with E-state index in [4.69, 9.17) is 0 Å². The highest BCUT2D eigenvalue weighted by Gasteiger charge is 2.32. The number of ether oxygens (including phenoxy) is 1. The van der Waals surface area contributed by atoms with Crippen molar-refractivity contribution in [3.05, 3.63) is 93.4 Å². The molecule has 156 valence electrons. The summed E-state index contributed by atoms with van der Waals surface area (Å²) in [7, 11) is 0. The van der Waals surface area contributed by atoms with Crippen LogP contribution in [-0.4, -0.2) is 22.2 Å². The molecule has 0 radical (unpaired) electrons. The summed E-state index contributed by atoms with van der Waals surface area (Å²) in [5.74, 6) is -2.84. The van der Waals surface area contributed by atoms with Crippen molar-refractivity contribution in [2.24, 2.45) is 0 Å². The number of nitrogens with zero attached hydrogens (tertiary/aromatic N) is 1. The van der Waals surface area contributed by atoms with Crippen molar-refractivity contribution in [2.75, 3.05) is 0 Å². The first-order chi connectivity index (χ1) is 14.1. The summed E-state index contributed by atoms with van der Waals surface area (Å²) in [6.45, 7) is 1.72. The molecule has 0 spiro atoms. The van der Waals surface area contributed by atoms with Crippen LogP contribution in [0.5, 0.6) is 5.75 Å². The van der Waals surface area contributed by atoms with E-state index in [2.05, 4.69) is 20.0 Å². The Kier molecular flexibility index (Phi) is 5.86. The monoisotopic (exact) mass is 421 g/mol. The summed E-state index contributed by atoms with van der Waals surface area (Å²) >= 11 is 0. The maximum Gasteiger partial charge on any atom is 0.573 e. The largest absolute Gasteiger partial charge is 0.573 e. The second kappa shape index (κ2) is 8.36. The lowest BCUT2D eigenvalue weighted by molar-refractivity contribution is -0.275. The van der Waals surface area contributed by atoms with Crippen LogP contribution in [0.3, 0.4) is 0 Å². The van der Waals surface area contributed by atoms with Crippen molar-refractivity contribution in [1.29, 1.82) is 0 Å². The highest BCUT2D eigenvalue weighted by molar-refractivity contribution is 5.94. The Morgan fingerprint density at radius 3 is 2.57 bits per heavy atom. The quantitative estimate of drug-likeness (QED) is 0.617. The van der Waals surface area contributed by atoms with Gasteiger partial charge in [-0.05, 0) is 42.3 Å². The van der Waals surface area contributed by atoms with Gasteiger partial charge in [-0.1, -0.05) is 12.1 Å². The molecule has 3 rings (SSSR count). The molecule has 6 nitrogen and oxygen atoms in total. The van der Waals surface area contributed by atoms with Crippen LogP contribution in [0.1, 0.15) is 33.2 Å². The van der Waals surface area contributed by atoms with Gasteiger partial charge in [-0.2, -0.15) is 0 Å². The molecule has 0 fully saturated rings. The fraction of sp³-hybridized carbons (Fsp3) is 0.150. The topological polar surface area (TPSA) is 84.1 Å². The number of benzene rings is 1. The van der Waals surface area contributed by atoms with Gasteiger partial charge >= 0.3 is 6.36 Å². The minimum absolute atomic E-state index is 0.130. The number of aromatic nitrogens is 2. The first-order valence-corrected chi connectivity index (χ1v) is 8.60. The summed E-state index contributed by atoms with van der Waals surface area (Å²) in [6.07, 6.45) is -2.36. The van der Waals surface area contributed by atoms with E-state index in [9.17, 15) is 27.2 Å². The summed E-state index contributed by atoms with van der Waals surface area (Å²) in [6, 6.07) is 7.76. The minimum atomic E-state index is -5.04. The number of amides is 1. The number of nitrogens with one attached hydrogen (secondary N) is 2. The predicted octanol–water partition coefficient (Wildman–Crippen LogP) is 3.64. The lowest BCUT2D eigenvalue weighted by Gasteiger charge is -2.21. The molecule has 2 heterocycles. The number of H-pyrrole nitrogens is 1. The molecule has 1 aromatic carbocycles. The van der Waals surface area contributed by atoms with Crippen LogP contribution < -0.4 is 15.6 Å². The zero-order chi connectivity index (χ0) is 21.9. The summed E-state index contributed by atoms with van der Waals surface area (Å²) < 4.78 is 55.1. The standard InChI is InChI=1S/C20H15F4N3O3/c1-11-3-2-8-25-17(11)18(27-19(29)13-5-7-16(28)26-10-13)12-4-6-15(14(21)9-12)30-20(22,23)24/h2-10,18H,1H3,(H,26,28)(H,27,29)/t18-/m0/s1. The van der Waals surface area contributed by atoms with Crippen LogP contribution in [0.2, 0.25) is 0 Å². The van der Waals surface area contributed by atoms with Gasteiger partial charge in [0.15, 0.2) is 11.6 Å². The van der Waals surface area contributed by atoms with Crippen LogP contribution in [0, 0.1) is 12.7 Å². The van der Waals surface area contributed by atoms with E-state index in [1.807, 2.05) is 0 Å². The molecule has 0 saturated carbocycles. The third-order valence-corrected chi connectivity index (χ3v) is 4.16. The Balaban J connectivity index is 1.99. The highest BCUT2D eigenvalue weighted by atomic mass is 19.4. The number of hydrogen-bond acceptors (Lipinski definition) is 4. The van der Waals surface area contributed by atoms with Gasteiger partial charge in [0.1, 0.15) is 0 Å². The number of carbonyl (C=O) groups is 1. The number of carbonyl (C=O) groups excluding carboxylic acids is 1. The fourth-order valence-corrected chi connectivity index (χ4v) is 2.78. The SMILES string of the molecule is Cc1cccnc1[C@@H](NC(=O)c1ccc(=O)[nH]c1)c1ccc(OC(F)(F)F)c(F)c1. The Bertz CT molecular complexity index is 1110. The third kappa shape index (κ3) is 5.02. The van der Waals surface area contributed by atoms with Crippen LogP contribution >= 0.6 is 0 Å². The maximum atomic E-state index is 14.3. The van der Waals surface area contributed by atoms with Crippen molar-refractivity contribution in [2.45, 2.75) is 19.3 Å². The first-order valence-electron chi connectivity index (χ1n) is 8.60. The van der Waals surface area contributed by atoms with Crippen LogP contribution in [0.4, 0.5) is 17.6 Å². The molecule has 1 atom stereocenters. The van der Waals surface area contributed by atoms with E-state index < -0.39 is 35.4 Å². The van der Waals surface area contributed by atoms with E-state index in [-0.39, 0.29) is 11.1 Å². The van der Waals surface area contributed by atoms with Gasteiger partial charge in [0.25, 0.3) is 5.91 Å². The van der Waals surface area contributed by atoms with Crippen LogP contribution in [-0.2, 0) is 0 Å². The van der Waals surface area contributed by atoms with Gasteiger partial charge in [0, 0.05) is 18.5 Å². The third-order valence-electron chi connectivity index (χ3n) is 4.16. The summed E-state index contributed by atoms with van der Waals surface area (Å²) in [4.78, 5) is 30.4. The molecule has 10 heteroatoms. The smallest absolute Gasteiger partial charge is 0.403 e. The molecule has 0 unspecified atom stereocenters. The number of aromatic amines is 1. The average Bonchev–Trinajstić information content (AvgIpc) is 2.68. The lowest BCUT2D eigenvalue weighted by Crippen LogP contribution is -2.31. The number of rotatable bonds is 5. The molecule has 1 amide bonds.